The number of hydrogen-bond acceptors (Lipinski definition) is 7. The number of rotatable bonds is 13. The average Bonchev–Trinajstić information content (AvgIpc) is 2.89. The van der Waals surface area contributed by atoms with E-state index in [2.05, 4.69) is 19.1 Å². The number of carbonyl (C=O) groups excluding carboxylic acids is 1. The molecule has 0 N–H and O–H groups in total. The second-order valence-corrected chi connectivity index (χ2v) is 8.60. The van der Waals surface area contributed by atoms with E-state index < -0.39 is 32.9 Å². The Morgan fingerprint density at radius 2 is 1.27 bits per heavy atom. The molecule has 0 saturated heterocycles. The fourth-order valence-corrected chi connectivity index (χ4v) is 3.82. The number of unbranched alkanes of at least 4 members (excludes halogenated alkanes) is 3. The van der Waals surface area contributed by atoms with Crippen LogP contribution in [0.2, 0.25) is 0 Å². The molecule has 37 heavy (non-hydrogen) atoms. The molecule has 3 rings (SSSR count). The van der Waals surface area contributed by atoms with Gasteiger partial charge < -0.3 is 9.47 Å². The summed E-state index contributed by atoms with van der Waals surface area (Å²) < 4.78 is 10.6. The van der Waals surface area contributed by atoms with E-state index in [0.29, 0.717) is 6.42 Å². The van der Waals surface area contributed by atoms with Crippen LogP contribution in [0.5, 0.6) is 11.5 Å². The molecule has 0 atom stereocenters. The predicted octanol–water partition coefficient (Wildman–Crippen LogP) is 7.30. The van der Waals surface area contributed by atoms with E-state index in [1.165, 1.54) is 24.5 Å². The molecular weight excluding hydrogens is 476 g/mol. The Labute approximate surface area is 215 Å². The van der Waals surface area contributed by atoms with Crippen molar-refractivity contribution in [3.8, 4) is 22.6 Å². The summed E-state index contributed by atoms with van der Waals surface area (Å²) in [4.78, 5) is 34.2. The van der Waals surface area contributed by atoms with Crippen LogP contribution in [0, 0.1) is 20.2 Å². The number of carbonyl (C=O) groups is 1. The number of ether oxygens (including phenoxy) is 2. The van der Waals surface area contributed by atoms with Crippen LogP contribution in [0.4, 0.5) is 11.4 Å². The van der Waals surface area contributed by atoms with Crippen LogP contribution < -0.4 is 9.47 Å². The number of nitrogens with zero attached hydrogens (tertiary/aromatic N) is 2. The van der Waals surface area contributed by atoms with Crippen LogP contribution in [0.3, 0.4) is 0 Å². The Kier molecular flexibility index (Phi) is 9.71. The fourth-order valence-electron chi connectivity index (χ4n) is 3.82. The van der Waals surface area contributed by atoms with Crippen LogP contribution in [0.25, 0.3) is 11.1 Å². The van der Waals surface area contributed by atoms with Gasteiger partial charge in [-0.05, 0) is 60.2 Å². The van der Waals surface area contributed by atoms with Gasteiger partial charge in [-0.2, -0.15) is 0 Å². The molecule has 0 aromatic heterocycles. The van der Waals surface area contributed by atoms with Crippen molar-refractivity contribution < 1.29 is 24.1 Å². The highest BCUT2D eigenvalue weighted by atomic mass is 16.6. The van der Waals surface area contributed by atoms with Gasteiger partial charge in [-0.25, -0.2) is 4.79 Å². The quantitative estimate of drug-likeness (QED) is 0.0783. The normalized spacial score (nSPS) is 10.6. The van der Waals surface area contributed by atoms with E-state index in [4.69, 9.17) is 9.47 Å². The summed E-state index contributed by atoms with van der Waals surface area (Å²) in [6.07, 6.45) is 5.98. The van der Waals surface area contributed by atoms with Crippen molar-refractivity contribution in [2.24, 2.45) is 0 Å². The number of aryl methyl sites for hydroxylation is 1. The van der Waals surface area contributed by atoms with Gasteiger partial charge in [0.2, 0.25) is 11.5 Å². The molecule has 0 heterocycles. The number of hydrogen-bond donors (Lipinski definition) is 0. The van der Waals surface area contributed by atoms with E-state index in [0.717, 1.165) is 36.5 Å². The van der Waals surface area contributed by atoms with Gasteiger partial charge in [-0.1, -0.05) is 69.5 Å². The van der Waals surface area contributed by atoms with Crippen molar-refractivity contribution in [3.63, 3.8) is 0 Å². The molecule has 0 spiro atoms. The number of nitro benzene ring substituents is 2. The molecule has 0 aliphatic rings. The first kappa shape index (κ1) is 27.3. The Morgan fingerprint density at radius 3 is 1.84 bits per heavy atom. The molecule has 9 nitrogen and oxygen atoms in total. The first-order chi connectivity index (χ1) is 17.8. The molecular formula is C28H30N2O7. The third-order valence-corrected chi connectivity index (χ3v) is 5.88. The summed E-state index contributed by atoms with van der Waals surface area (Å²) in [5.74, 6) is -1.63. The molecule has 9 heteroatoms. The largest absolute Gasteiger partial charge is 0.487 e. The Hall–Kier alpha value is -4.27. The summed E-state index contributed by atoms with van der Waals surface area (Å²) in [6.45, 7) is 4.26. The van der Waals surface area contributed by atoms with Crippen molar-refractivity contribution >= 4 is 17.3 Å². The van der Waals surface area contributed by atoms with Gasteiger partial charge in [0, 0.05) is 0 Å². The monoisotopic (exact) mass is 506 g/mol. The van der Waals surface area contributed by atoms with Crippen molar-refractivity contribution in [1.82, 2.24) is 0 Å². The van der Waals surface area contributed by atoms with Crippen LogP contribution in [0.15, 0.2) is 60.7 Å². The number of nitro groups is 2. The average molecular weight is 507 g/mol. The smallest absolute Gasteiger partial charge is 0.392 e. The molecule has 3 aromatic rings. The molecule has 0 amide bonds. The van der Waals surface area contributed by atoms with Gasteiger partial charge in [-0.3, -0.25) is 20.2 Å². The van der Waals surface area contributed by atoms with Crippen molar-refractivity contribution in [1.29, 1.82) is 0 Å². The second-order valence-electron chi connectivity index (χ2n) is 8.60. The van der Waals surface area contributed by atoms with Crippen molar-refractivity contribution in [3.05, 3.63) is 92.0 Å². The Morgan fingerprint density at radius 1 is 0.730 bits per heavy atom. The van der Waals surface area contributed by atoms with Crippen LogP contribution in [-0.2, 0) is 6.42 Å². The Balaban J connectivity index is 1.78. The van der Waals surface area contributed by atoms with Crippen molar-refractivity contribution in [2.45, 2.75) is 52.4 Å². The zero-order chi connectivity index (χ0) is 26.8. The van der Waals surface area contributed by atoms with E-state index in [-0.39, 0.29) is 17.9 Å². The summed E-state index contributed by atoms with van der Waals surface area (Å²) >= 11 is 0. The molecule has 0 saturated carbocycles. The SMILES string of the molecule is CCCCCc1ccc(-c2ccc(C(=O)Oc3ccc(OCCCC)c([N+](=O)[O-])c3[N+](=O)[O-])cc2)cc1. The van der Waals surface area contributed by atoms with Crippen LogP contribution in [0.1, 0.15) is 61.9 Å². The lowest BCUT2D eigenvalue weighted by Crippen LogP contribution is -2.11. The van der Waals surface area contributed by atoms with Gasteiger partial charge in [0.15, 0.2) is 0 Å². The minimum absolute atomic E-state index is 0.153. The first-order valence-corrected chi connectivity index (χ1v) is 12.4. The molecule has 3 aromatic carbocycles. The first-order valence-electron chi connectivity index (χ1n) is 12.4. The van der Waals surface area contributed by atoms with Gasteiger partial charge >= 0.3 is 17.3 Å². The number of benzene rings is 3. The molecule has 194 valence electrons. The van der Waals surface area contributed by atoms with E-state index in [1.807, 2.05) is 19.1 Å². The zero-order valence-electron chi connectivity index (χ0n) is 21.0. The van der Waals surface area contributed by atoms with Crippen LogP contribution in [-0.4, -0.2) is 22.4 Å². The summed E-state index contributed by atoms with van der Waals surface area (Å²) in [6, 6.07) is 17.2. The van der Waals surface area contributed by atoms with E-state index in [1.54, 1.807) is 24.3 Å². The molecule has 0 aliphatic heterocycles. The standard InChI is InChI=1S/C28H30N2O7/c1-3-5-7-8-20-9-11-21(12-10-20)22-13-15-23(16-14-22)28(31)37-25-18-17-24(36-19-6-4-2)26(29(32)33)27(25)30(34)35/h9-18H,3-8,19H2,1-2H3. The van der Waals surface area contributed by atoms with Gasteiger partial charge in [0.05, 0.1) is 22.0 Å². The molecule has 0 aliphatic carbocycles. The third kappa shape index (κ3) is 7.13. The lowest BCUT2D eigenvalue weighted by molar-refractivity contribution is -0.423. The maximum absolute atomic E-state index is 12.7. The minimum atomic E-state index is -0.942. The maximum atomic E-state index is 12.7. The molecule has 0 unspecified atom stereocenters. The minimum Gasteiger partial charge on any atom is -0.487 e. The molecule has 0 bridgehead atoms. The Bertz CT molecular complexity index is 1240. The van der Waals surface area contributed by atoms with Crippen molar-refractivity contribution in [2.75, 3.05) is 6.61 Å². The summed E-state index contributed by atoms with van der Waals surface area (Å²) in [5, 5.41) is 23.3. The van der Waals surface area contributed by atoms with Gasteiger partial charge in [-0.15, -0.1) is 0 Å². The molecule has 0 radical (unpaired) electrons. The highest BCUT2D eigenvalue weighted by Crippen LogP contribution is 2.43. The highest BCUT2D eigenvalue weighted by Gasteiger charge is 2.36. The third-order valence-electron chi connectivity index (χ3n) is 5.88. The summed E-state index contributed by atoms with van der Waals surface area (Å²) in [5.41, 5.74) is 1.54. The zero-order valence-corrected chi connectivity index (χ0v) is 21.0. The second kappa shape index (κ2) is 13.2. The topological polar surface area (TPSA) is 122 Å². The van der Waals surface area contributed by atoms with Gasteiger partial charge in [0.25, 0.3) is 0 Å². The highest BCUT2D eigenvalue weighted by molar-refractivity contribution is 5.92. The lowest BCUT2D eigenvalue weighted by atomic mass is 10.0. The van der Waals surface area contributed by atoms with Gasteiger partial charge in [0.1, 0.15) is 0 Å². The fraction of sp³-hybridized carbons (Fsp3) is 0.321. The van der Waals surface area contributed by atoms with E-state index >= 15 is 0 Å². The molecule has 0 fully saturated rings. The number of esters is 1. The van der Waals surface area contributed by atoms with Crippen LogP contribution >= 0.6 is 0 Å². The predicted molar refractivity (Wildman–Crippen MR) is 140 cm³/mol. The lowest BCUT2D eigenvalue weighted by Gasteiger charge is -2.10. The maximum Gasteiger partial charge on any atom is 0.392 e. The summed E-state index contributed by atoms with van der Waals surface area (Å²) in [7, 11) is 0. The van der Waals surface area contributed by atoms with E-state index in [9.17, 15) is 25.0 Å².